The number of aromatic amines is 1. The zero-order chi connectivity index (χ0) is 10.3. The van der Waals surface area contributed by atoms with Crippen LogP contribution >= 0.6 is 0 Å². The van der Waals surface area contributed by atoms with Gasteiger partial charge in [-0.25, -0.2) is 4.98 Å². The fraction of sp³-hybridized carbons (Fsp3) is 0.0833. The molecule has 0 aliphatic rings. The summed E-state index contributed by atoms with van der Waals surface area (Å²) in [5, 5.41) is 1.10. The third-order valence-corrected chi connectivity index (χ3v) is 2.43. The largest absolute Gasteiger partial charge is 0.464 e. The molecule has 3 nitrogen and oxygen atoms in total. The van der Waals surface area contributed by atoms with Crippen molar-refractivity contribution >= 4 is 11.0 Å². The lowest BCUT2D eigenvalue weighted by Gasteiger charge is -1.96. The normalized spacial score (nSPS) is 11.0. The van der Waals surface area contributed by atoms with E-state index < -0.39 is 0 Å². The molecule has 74 valence electrons. The third kappa shape index (κ3) is 1.32. The molecule has 0 spiro atoms. The summed E-state index contributed by atoms with van der Waals surface area (Å²) >= 11 is 0. The molecular weight excluding hydrogens is 188 g/mol. The fourth-order valence-corrected chi connectivity index (χ4v) is 1.67. The second kappa shape index (κ2) is 2.98. The lowest BCUT2D eigenvalue weighted by molar-refractivity contribution is 0.616. The first-order chi connectivity index (χ1) is 7.33. The lowest BCUT2D eigenvalue weighted by atomic mass is 10.1. The number of aromatic nitrogens is 2. The van der Waals surface area contributed by atoms with Gasteiger partial charge < -0.3 is 9.40 Å². The lowest BCUT2D eigenvalue weighted by Crippen LogP contribution is -1.79. The highest BCUT2D eigenvalue weighted by Crippen LogP contribution is 2.22. The standard InChI is InChI=1S/C12H10N2O/c1-8-7-13-12(14-8)10-2-3-11-9(6-10)4-5-15-11/h2-7H,1H3,(H,13,14). The summed E-state index contributed by atoms with van der Waals surface area (Å²) in [7, 11) is 0. The van der Waals surface area contributed by atoms with E-state index in [4.69, 9.17) is 4.42 Å². The molecule has 2 heterocycles. The van der Waals surface area contributed by atoms with Gasteiger partial charge in [0.15, 0.2) is 0 Å². The Morgan fingerprint density at radius 3 is 3.00 bits per heavy atom. The first-order valence-electron chi connectivity index (χ1n) is 4.82. The molecule has 0 saturated carbocycles. The summed E-state index contributed by atoms with van der Waals surface area (Å²) < 4.78 is 5.28. The van der Waals surface area contributed by atoms with Gasteiger partial charge in [-0.15, -0.1) is 0 Å². The van der Waals surface area contributed by atoms with E-state index in [9.17, 15) is 0 Å². The molecule has 3 aromatic rings. The van der Waals surface area contributed by atoms with Gasteiger partial charge in [0.2, 0.25) is 0 Å². The van der Waals surface area contributed by atoms with Crippen LogP contribution in [0.3, 0.4) is 0 Å². The van der Waals surface area contributed by atoms with Crippen LogP contribution in [-0.4, -0.2) is 9.97 Å². The second-order valence-electron chi connectivity index (χ2n) is 3.59. The maximum Gasteiger partial charge on any atom is 0.137 e. The Morgan fingerprint density at radius 1 is 1.27 bits per heavy atom. The molecule has 0 radical (unpaired) electrons. The number of nitrogens with one attached hydrogen (secondary N) is 1. The zero-order valence-electron chi connectivity index (χ0n) is 8.32. The quantitative estimate of drug-likeness (QED) is 0.652. The van der Waals surface area contributed by atoms with Crippen LogP contribution in [0, 0.1) is 6.92 Å². The van der Waals surface area contributed by atoms with E-state index in [0.29, 0.717) is 0 Å². The molecule has 1 aromatic carbocycles. The van der Waals surface area contributed by atoms with Gasteiger partial charge in [0, 0.05) is 22.8 Å². The smallest absolute Gasteiger partial charge is 0.137 e. The molecule has 0 amide bonds. The Kier molecular flexibility index (Phi) is 1.65. The van der Waals surface area contributed by atoms with Gasteiger partial charge in [-0.05, 0) is 31.2 Å². The molecule has 2 aromatic heterocycles. The maximum atomic E-state index is 5.28. The van der Waals surface area contributed by atoms with Crippen LogP contribution in [-0.2, 0) is 0 Å². The van der Waals surface area contributed by atoms with Crippen molar-refractivity contribution in [3.05, 3.63) is 42.4 Å². The number of furan rings is 1. The number of H-pyrrole nitrogens is 1. The van der Waals surface area contributed by atoms with Crippen LogP contribution < -0.4 is 0 Å². The van der Waals surface area contributed by atoms with Crippen molar-refractivity contribution in [3.63, 3.8) is 0 Å². The Hall–Kier alpha value is -2.03. The SMILES string of the molecule is Cc1cnc(-c2ccc3occc3c2)[nH]1. The van der Waals surface area contributed by atoms with Crippen molar-refractivity contribution in [2.45, 2.75) is 6.92 Å². The van der Waals surface area contributed by atoms with Crippen molar-refractivity contribution in [1.29, 1.82) is 0 Å². The number of fused-ring (bicyclic) bond motifs is 1. The Labute approximate surface area is 86.8 Å². The van der Waals surface area contributed by atoms with Gasteiger partial charge in [0.05, 0.1) is 6.26 Å². The summed E-state index contributed by atoms with van der Waals surface area (Å²) in [5.74, 6) is 0.899. The van der Waals surface area contributed by atoms with E-state index in [1.54, 1.807) is 6.26 Å². The summed E-state index contributed by atoms with van der Waals surface area (Å²) in [4.78, 5) is 7.50. The number of rotatable bonds is 1. The molecule has 0 unspecified atom stereocenters. The Bertz CT molecular complexity index is 607. The number of hydrogen-bond donors (Lipinski definition) is 1. The maximum absolute atomic E-state index is 5.28. The highest BCUT2D eigenvalue weighted by molar-refractivity contribution is 5.82. The highest BCUT2D eigenvalue weighted by atomic mass is 16.3. The third-order valence-electron chi connectivity index (χ3n) is 2.43. The van der Waals surface area contributed by atoms with Gasteiger partial charge in [-0.2, -0.15) is 0 Å². The monoisotopic (exact) mass is 198 g/mol. The zero-order valence-corrected chi connectivity index (χ0v) is 8.32. The topological polar surface area (TPSA) is 41.8 Å². The van der Waals surface area contributed by atoms with Crippen LogP contribution in [0.15, 0.2) is 41.1 Å². The van der Waals surface area contributed by atoms with Crippen LogP contribution in [0.4, 0.5) is 0 Å². The Balaban J connectivity index is 2.18. The van der Waals surface area contributed by atoms with Crippen molar-refractivity contribution in [1.82, 2.24) is 9.97 Å². The van der Waals surface area contributed by atoms with Gasteiger partial charge in [0.1, 0.15) is 11.4 Å². The minimum Gasteiger partial charge on any atom is -0.464 e. The molecular formula is C12H10N2O. The van der Waals surface area contributed by atoms with E-state index in [0.717, 1.165) is 28.1 Å². The first-order valence-corrected chi connectivity index (χ1v) is 4.82. The van der Waals surface area contributed by atoms with Gasteiger partial charge in [0.25, 0.3) is 0 Å². The molecule has 15 heavy (non-hydrogen) atoms. The average Bonchev–Trinajstić information content (AvgIpc) is 2.84. The molecule has 0 fully saturated rings. The minimum atomic E-state index is 0.899. The number of hydrogen-bond acceptors (Lipinski definition) is 2. The molecule has 0 bridgehead atoms. The summed E-state index contributed by atoms with van der Waals surface area (Å²) in [6.45, 7) is 1.99. The van der Waals surface area contributed by atoms with Crippen LogP contribution in [0.5, 0.6) is 0 Å². The van der Waals surface area contributed by atoms with E-state index in [1.165, 1.54) is 0 Å². The second-order valence-corrected chi connectivity index (χ2v) is 3.59. The molecule has 0 aliphatic carbocycles. The van der Waals surface area contributed by atoms with Crippen molar-refractivity contribution in [2.24, 2.45) is 0 Å². The van der Waals surface area contributed by atoms with Gasteiger partial charge in [-0.1, -0.05) is 0 Å². The van der Waals surface area contributed by atoms with E-state index in [-0.39, 0.29) is 0 Å². The summed E-state index contributed by atoms with van der Waals surface area (Å²) in [5.41, 5.74) is 3.05. The molecule has 3 heteroatoms. The minimum absolute atomic E-state index is 0.899. The molecule has 0 aliphatic heterocycles. The van der Waals surface area contributed by atoms with Crippen LogP contribution in [0.2, 0.25) is 0 Å². The average molecular weight is 198 g/mol. The first kappa shape index (κ1) is 8.29. The van der Waals surface area contributed by atoms with Crippen molar-refractivity contribution < 1.29 is 4.42 Å². The summed E-state index contributed by atoms with van der Waals surface area (Å²) in [6, 6.07) is 7.98. The highest BCUT2D eigenvalue weighted by Gasteiger charge is 2.03. The van der Waals surface area contributed by atoms with Crippen molar-refractivity contribution in [2.75, 3.05) is 0 Å². The van der Waals surface area contributed by atoms with Gasteiger partial charge >= 0.3 is 0 Å². The number of aryl methyl sites for hydroxylation is 1. The molecule has 0 atom stereocenters. The molecule has 1 N–H and O–H groups in total. The number of imidazole rings is 1. The van der Waals surface area contributed by atoms with E-state index >= 15 is 0 Å². The number of nitrogens with zero attached hydrogens (tertiary/aromatic N) is 1. The predicted octanol–water partition coefficient (Wildman–Crippen LogP) is 3.13. The van der Waals surface area contributed by atoms with Crippen LogP contribution in [0.1, 0.15) is 5.69 Å². The number of benzene rings is 1. The van der Waals surface area contributed by atoms with E-state index in [2.05, 4.69) is 16.0 Å². The van der Waals surface area contributed by atoms with E-state index in [1.807, 2.05) is 31.3 Å². The fourth-order valence-electron chi connectivity index (χ4n) is 1.67. The van der Waals surface area contributed by atoms with Crippen molar-refractivity contribution in [3.8, 4) is 11.4 Å². The molecule has 0 saturated heterocycles. The summed E-state index contributed by atoms with van der Waals surface area (Å²) in [6.07, 6.45) is 3.52. The van der Waals surface area contributed by atoms with Gasteiger partial charge in [-0.3, -0.25) is 0 Å². The predicted molar refractivity (Wildman–Crippen MR) is 58.5 cm³/mol. The van der Waals surface area contributed by atoms with Crippen LogP contribution in [0.25, 0.3) is 22.4 Å². The Morgan fingerprint density at radius 2 is 2.20 bits per heavy atom. The molecule has 3 rings (SSSR count).